The van der Waals surface area contributed by atoms with E-state index in [9.17, 15) is 0 Å². The van der Waals surface area contributed by atoms with E-state index in [2.05, 4.69) is 30.9 Å². The zero-order valence-corrected chi connectivity index (χ0v) is 13.1. The molecule has 1 aromatic heterocycles. The highest BCUT2D eigenvalue weighted by Crippen LogP contribution is 2.37. The fraction of sp³-hybridized carbons (Fsp3) is 0.867. The molecule has 1 fully saturated rings. The van der Waals surface area contributed by atoms with E-state index in [1.807, 2.05) is 6.92 Å². The predicted molar refractivity (Wildman–Crippen MR) is 77.0 cm³/mol. The first-order chi connectivity index (χ1) is 9.46. The minimum atomic E-state index is -0.453. The SMILES string of the molecule is CCOC(c1noc(C2(N)CCC(C)CC2)n1)C(C)C. The topological polar surface area (TPSA) is 74.2 Å². The molecule has 0 spiro atoms. The van der Waals surface area contributed by atoms with Gasteiger partial charge >= 0.3 is 0 Å². The number of aromatic nitrogens is 2. The predicted octanol–water partition coefficient (Wildman–Crippen LogP) is 3.17. The lowest BCUT2D eigenvalue weighted by molar-refractivity contribution is 0.0217. The minimum absolute atomic E-state index is 0.122. The van der Waals surface area contributed by atoms with Crippen molar-refractivity contribution in [2.24, 2.45) is 17.6 Å². The number of ether oxygens (including phenoxy) is 1. The Hall–Kier alpha value is -0.940. The van der Waals surface area contributed by atoms with Crippen molar-refractivity contribution >= 4 is 0 Å². The van der Waals surface area contributed by atoms with Crippen molar-refractivity contribution in [2.45, 2.75) is 65.0 Å². The van der Waals surface area contributed by atoms with Gasteiger partial charge in [0, 0.05) is 6.61 Å². The maximum absolute atomic E-state index is 6.47. The molecule has 0 aliphatic heterocycles. The van der Waals surface area contributed by atoms with Crippen LogP contribution in [0.2, 0.25) is 0 Å². The molecule has 1 aromatic rings. The summed E-state index contributed by atoms with van der Waals surface area (Å²) >= 11 is 0. The normalized spacial score (nSPS) is 28.8. The molecule has 5 nitrogen and oxygen atoms in total. The molecular weight excluding hydrogens is 254 g/mol. The fourth-order valence-electron chi connectivity index (χ4n) is 2.79. The highest BCUT2D eigenvalue weighted by Gasteiger charge is 2.38. The van der Waals surface area contributed by atoms with Gasteiger partial charge in [-0.05, 0) is 44.4 Å². The molecule has 1 aliphatic rings. The monoisotopic (exact) mass is 281 g/mol. The third kappa shape index (κ3) is 3.20. The lowest BCUT2D eigenvalue weighted by atomic mass is 9.78. The van der Waals surface area contributed by atoms with Gasteiger partial charge in [-0.25, -0.2) is 0 Å². The van der Waals surface area contributed by atoms with E-state index in [0.717, 1.165) is 31.6 Å². The van der Waals surface area contributed by atoms with Gasteiger partial charge in [0.15, 0.2) is 0 Å². The molecule has 1 unspecified atom stereocenters. The van der Waals surface area contributed by atoms with Crippen LogP contribution >= 0.6 is 0 Å². The Balaban J connectivity index is 2.15. The van der Waals surface area contributed by atoms with Crippen LogP contribution in [0.1, 0.15) is 71.2 Å². The van der Waals surface area contributed by atoms with Gasteiger partial charge in [-0.1, -0.05) is 25.9 Å². The maximum atomic E-state index is 6.47. The van der Waals surface area contributed by atoms with Crippen LogP contribution in [0.3, 0.4) is 0 Å². The smallest absolute Gasteiger partial charge is 0.246 e. The number of rotatable bonds is 5. The number of nitrogens with zero attached hydrogens (tertiary/aromatic N) is 2. The molecule has 1 heterocycles. The van der Waals surface area contributed by atoms with E-state index in [1.165, 1.54) is 0 Å². The van der Waals surface area contributed by atoms with Crippen molar-refractivity contribution in [3.05, 3.63) is 11.7 Å². The van der Waals surface area contributed by atoms with Crippen molar-refractivity contribution in [1.29, 1.82) is 0 Å². The molecule has 5 heteroatoms. The molecule has 20 heavy (non-hydrogen) atoms. The lowest BCUT2D eigenvalue weighted by Gasteiger charge is -2.32. The molecular formula is C15H27N3O2. The van der Waals surface area contributed by atoms with Gasteiger partial charge < -0.3 is 15.0 Å². The molecule has 2 rings (SSSR count). The summed E-state index contributed by atoms with van der Waals surface area (Å²) in [5.41, 5.74) is 6.02. The molecule has 0 saturated heterocycles. The van der Waals surface area contributed by atoms with Crippen LogP contribution in [0, 0.1) is 11.8 Å². The van der Waals surface area contributed by atoms with E-state index < -0.39 is 5.54 Å². The quantitative estimate of drug-likeness (QED) is 0.897. The summed E-state index contributed by atoms with van der Waals surface area (Å²) in [4.78, 5) is 4.54. The average Bonchev–Trinajstić information content (AvgIpc) is 2.89. The van der Waals surface area contributed by atoms with Gasteiger partial charge in [-0.2, -0.15) is 4.98 Å². The largest absolute Gasteiger partial charge is 0.370 e. The number of hydrogen-bond acceptors (Lipinski definition) is 5. The molecule has 1 saturated carbocycles. The summed E-state index contributed by atoms with van der Waals surface area (Å²) in [7, 11) is 0. The van der Waals surface area contributed by atoms with Crippen LogP contribution in [0.4, 0.5) is 0 Å². The Kier molecular flexibility index (Phi) is 4.81. The Morgan fingerprint density at radius 2 is 2.05 bits per heavy atom. The van der Waals surface area contributed by atoms with Crippen LogP contribution in [-0.2, 0) is 10.3 Å². The maximum Gasteiger partial charge on any atom is 0.246 e. The van der Waals surface area contributed by atoms with Crippen LogP contribution in [0.15, 0.2) is 4.52 Å². The lowest BCUT2D eigenvalue weighted by Crippen LogP contribution is -2.40. The highest BCUT2D eigenvalue weighted by molar-refractivity contribution is 5.05. The zero-order chi connectivity index (χ0) is 14.8. The molecule has 0 aromatic carbocycles. The van der Waals surface area contributed by atoms with Gasteiger partial charge in [0.05, 0.1) is 5.54 Å². The van der Waals surface area contributed by atoms with E-state index in [4.69, 9.17) is 15.0 Å². The van der Waals surface area contributed by atoms with Gasteiger partial charge in [0.2, 0.25) is 11.7 Å². The highest BCUT2D eigenvalue weighted by atomic mass is 16.5. The second-order valence-corrected chi connectivity index (χ2v) is 6.42. The first kappa shape index (κ1) is 15.4. The van der Waals surface area contributed by atoms with E-state index >= 15 is 0 Å². The van der Waals surface area contributed by atoms with Gasteiger partial charge in [0.1, 0.15) is 6.10 Å². The zero-order valence-electron chi connectivity index (χ0n) is 13.1. The van der Waals surface area contributed by atoms with Crippen molar-refractivity contribution in [2.75, 3.05) is 6.61 Å². The second kappa shape index (κ2) is 6.22. The van der Waals surface area contributed by atoms with Crippen LogP contribution in [0.25, 0.3) is 0 Å². The Labute approximate surface area is 121 Å². The van der Waals surface area contributed by atoms with Gasteiger partial charge in [-0.3, -0.25) is 0 Å². The van der Waals surface area contributed by atoms with Crippen molar-refractivity contribution in [1.82, 2.24) is 10.1 Å². The summed E-state index contributed by atoms with van der Waals surface area (Å²) in [5.74, 6) is 2.24. The molecule has 0 radical (unpaired) electrons. The van der Waals surface area contributed by atoms with Crippen LogP contribution in [-0.4, -0.2) is 16.7 Å². The summed E-state index contributed by atoms with van der Waals surface area (Å²) in [5, 5.41) is 4.10. The summed E-state index contributed by atoms with van der Waals surface area (Å²) in [6, 6.07) is 0. The molecule has 2 N–H and O–H groups in total. The minimum Gasteiger partial charge on any atom is -0.370 e. The van der Waals surface area contributed by atoms with Crippen LogP contribution < -0.4 is 5.73 Å². The Morgan fingerprint density at radius 3 is 2.60 bits per heavy atom. The molecule has 0 bridgehead atoms. The Bertz CT molecular complexity index is 423. The first-order valence-corrected chi connectivity index (χ1v) is 7.71. The molecule has 114 valence electrons. The standard InChI is InChI=1S/C15H27N3O2/c1-5-19-12(10(2)3)13-17-14(20-18-13)15(16)8-6-11(4)7-9-15/h10-12H,5-9,16H2,1-4H3. The summed E-state index contributed by atoms with van der Waals surface area (Å²) in [6.07, 6.45) is 3.94. The van der Waals surface area contributed by atoms with Gasteiger partial charge in [0.25, 0.3) is 0 Å². The Morgan fingerprint density at radius 1 is 1.40 bits per heavy atom. The third-order valence-corrected chi connectivity index (χ3v) is 4.24. The van der Waals surface area contributed by atoms with E-state index in [-0.39, 0.29) is 6.10 Å². The average molecular weight is 281 g/mol. The summed E-state index contributed by atoms with van der Waals surface area (Å²) < 4.78 is 11.2. The van der Waals surface area contributed by atoms with Crippen molar-refractivity contribution < 1.29 is 9.26 Å². The first-order valence-electron chi connectivity index (χ1n) is 7.71. The van der Waals surface area contributed by atoms with Crippen molar-refractivity contribution in [3.63, 3.8) is 0 Å². The van der Waals surface area contributed by atoms with Crippen LogP contribution in [0.5, 0.6) is 0 Å². The molecule has 1 atom stereocenters. The summed E-state index contributed by atoms with van der Waals surface area (Å²) in [6.45, 7) is 9.07. The molecule has 1 aliphatic carbocycles. The van der Waals surface area contributed by atoms with Gasteiger partial charge in [-0.15, -0.1) is 0 Å². The fourth-order valence-corrected chi connectivity index (χ4v) is 2.79. The second-order valence-electron chi connectivity index (χ2n) is 6.42. The number of hydrogen-bond donors (Lipinski definition) is 1. The van der Waals surface area contributed by atoms with E-state index in [0.29, 0.717) is 24.2 Å². The molecule has 0 amide bonds. The van der Waals surface area contributed by atoms with Crippen molar-refractivity contribution in [3.8, 4) is 0 Å². The number of nitrogens with two attached hydrogens (primary N) is 1. The third-order valence-electron chi connectivity index (χ3n) is 4.24. The van der Waals surface area contributed by atoms with E-state index in [1.54, 1.807) is 0 Å².